The van der Waals surface area contributed by atoms with E-state index in [0.717, 1.165) is 51.2 Å². The Bertz CT molecular complexity index is 1870. The van der Waals surface area contributed by atoms with Crippen molar-refractivity contribution >= 4 is 33.1 Å². The highest BCUT2D eigenvalue weighted by molar-refractivity contribution is 7.22. The summed E-state index contributed by atoms with van der Waals surface area (Å²) in [5, 5.41) is 19.4. The van der Waals surface area contributed by atoms with Crippen molar-refractivity contribution in [3.63, 3.8) is 0 Å². The average Bonchev–Trinajstić information content (AvgIpc) is 3.79. The second-order valence-corrected chi connectivity index (χ2v) is 11.4. The number of amides is 1. The van der Waals surface area contributed by atoms with Crippen LogP contribution < -0.4 is 10.2 Å². The molecule has 7 rings (SSSR count). The number of nitrogens with zero attached hydrogens (tertiary/aromatic N) is 6. The Kier molecular flexibility index (Phi) is 6.80. The Morgan fingerprint density at radius 1 is 1.05 bits per heavy atom. The van der Waals surface area contributed by atoms with Gasteiger partial charge in [0.05, 0.1) is 23.5 Å². The second kappa shape index (κ2) is 10.9. The number of benzene rings is 2. The summed E-state index contributed by atoms with van der Waals surface area (Å²) in [7, 11) is 1.75. The van der Waals surface area contributed by atoms with Gasteiger partial charge in [-0.05, 0) is 55.3 Å². The van der Waals surface area contributed by atoms with Crippen molar-refractivity contribution in [1.29, 1.82) is 0 Å². The van der Waals surface area contributed by atoms with E-state index in [4.69, 9.17) is 4.98 Å². The van der Waals surface area contributed by atoms with Gasteiger partial charge in [0.25, 0.3) is 5.91 Å². The van der Waals surface area contributed by atoms with Crippen molar-refractivity contribution in [3.8, 4) is 33.0 Å². The van der Waals surface area contributed by atoms with Crippen LogP contribution in [0.1, 0.15) is 23.2 Å². The average molecular weight is 579 g/mol. The smallest absolute Gasteiger partial charge is 0.262 e. The third-order valence-corrected chi connectivity index (χ3v) is 8.72. The van der Waals surface area contributed by atoms with Crippen LogP contribution in [0.25, 0.3) is 43.0 Å². The first-order chi connectivity index (χ1) is 20.5. The molecule has 4 aromatic heterocycles. The van der Waals surface area contributed by atoms with Crippen LogP contribution in [0.2, 0.25) is 0 Å². The van der Waals surface area contributed by atoms with E-state index in [2.05, 4.69) is 44.0 Å². The highest BCUT2D eigenvalue weighted by atomic mass is 32.1. The van der Waals surface area contributed by atoms with Crippen LogP contribution in [0.5, 0.6) is 0 Å². The monoisotopic (exact) mass is 578 g/mol. The van der Waals surface area contributed by atoms with E-state index in [9.17, 15) is 4.79 Å². The van der Waals surface area contributed by atoms with E-state index in [0.29, 0.717) is 23.6 Å². The summed E-state index contributed by atoms with van der Waals surface area (Å²) in [6, 6.07) is 18.6. The van der Waals surface area contributed by atoms with Gasteiger partial charge in [0.2, 0.25) is 0 Å². The SMILES string of the molecule is Cn1cc(-c2ccc(C(=O)N(c3nccc4sc(-c5ccc(-c6cc[nH]n6)cc5)cc34)[C@@H]3CCCNC3)c(F)c2)nn1. The van der Waals surface area contributed by atoms with E-state index >= 15 is 4.39 Å². The number of fused-ring (bicyclic) bond motifs is 1. The molecule has 2 aromatic carbocycles. The van der Waals surface area contributed by atoms with Crippen LogP contribution in [0, 0.1) is 5.82 Å². The maximum Gasteiger partial charge on any atom is 0.262 e. The minimum Gasteiger partial charge on any atom is -0.315 e. The number of piperidine rings is 1. The summed E-state index contributed by atoms with van der Waals surface area (Å²) in [6.45, 7) is 1.49. The highest BCUT2D eigenvalue weighted by Crippen LogP contribution is 2.39. The van der Waals surface area contributed by atoms with Crippen LogP contribution in [-0.4, -0.2) is 55.2 Å². The summed E-state index contributed by atoms with van der Waals surface area (Å²) < 4.78 is 18.1. The van der Waals surface area contributed by atoms with E-state index < -0.39 is 11.7 Å². The molecule has 1 aliphatic heterocycles. The van der Waals surface area contributed by atoms with Crippen molar-refractivity contribution < 1.29 is 9.18 Å². The van der Waals surface area contributed by atoms with E-state index in [1.807, 2.05) is 24.3 Å². The molecular formula is C31H27FN8OS. The van der Waals surface area contributed by atoms with Gasteiger partial charge in [0, 0.05) is 52.1 Å². The van der Waals surface area contributed by atoms with Crippen LogP contribution in [0.15, 0.2) is 79.3 Å². The van der Waals surface area contributed by atoms with Crippen LogP contribution in [-0.2, 0) is 7.05 Å². The number of aromatic amines is 1. The third kappa shape index (κ3) is 4.86. The summed E-state index contributed by atoms with van der Waals surface area (Å²) in [5.74, 6) is -0.477. The number of H-pyrrole nitrogens is 1. The van der Waals surface area contributed by atoms with Gasteiger partial charge < -0.3 is 5.32 Å². The Morgan fingerprint density at radius 3 is 2.60 bits per heavy atom. The number of halogens is 1. The molecule has 0 radical (unpaired) electrons. The van der Waals surface area contributed by atoms with Gasteiger partial charge in [-0.25, -0.2) is 9.37 Å². The third-order valence-electron chi connectivity index (χ3n) is 7.57. The zero-order valence-corrected chi connectivity index (χ0v) is 23.6. The highest BCUT2D eigenvalue weighted by Gasteiger charge is 2.32. The van der Waals surface area contributed by atoms with Crippen molar-refractivity contribution in [1.82, 2.24) is 35.5 Å². The molecule has 1 atom stereocenters. The molecule has 210 valence electrons. The van der Waals surface area contributed by atoms with Gasteiger partial charge in [-0.1, -0.05) is 35.5 Å². The Labute approximate surface area is 245 Å². The number of carbonyl (C=O) groups excluding carboxylic acids is 1. The fraction of sp³-hybridized carbons (Fsp3) is 0.194. The number of anilines is 1. The van der Waals surface area contributed by atoms with Gasteiger partial charge >= 0.3 is 0 Å². The first kappa shape index (κ1) is 26.2. The molecule has 9 nitrogen and oxygen atoms in total. The molecule has 11 heteroatoms. The van der Waals surface area contributed by atoms with E-state index in [1.165, 1.54) is 12.1 Å². The molecule has 0 unspecified atom stereocenters. The van der Waals surface area contributed by atoms with Crippen molar-refractivity contribution in [2.75, 3.05) is 18.0 Å². The van der Waals surface area contributed by atoms with Crippen LogP contribution in [0.4, 0.5) is 10.2 Å². The number of nitrogens with one attached hydrogen (secondary N) is 2. The zero-order valence-electron chi connectivity index (χ0n) is 22.8. The van der Waals surface area contributed by atoms with Gasteiger partial charge in [0.1, 0.15) is 17.3 Å². The summed E-state index contributed by atoms with van der Waals surface area (Å²) in [6.07, 6.45) is 6.94. The van der Waals surface area contributed by atoms with Crippen molar-refractivity contribution in [2.45, 2.75) is 18.9 Å². The molecule has 0 aliphatic carbocycles. The molecule has 2 N–H and O–H groups in total. The maximum absolute atomic E-state index is 15.6. The molecule has 6 aromatic rings. The lowest BCUT2D eigenvalue weighted by Crippen LogP contribution is -2.49. The number of rotatable bonds is 6. The summed E-state index contributed by atoms with van der Waals surface area (Å²) in [5.41, 5.74) is 4.07. The largest absolute Gasteiger partial charge is 0.315 e. The predicted octanol–water partition coefficient (Wildman–Crippen LogP) is 5.69. The van der Waals surface area contributed by atoms with Crippen LogP contribution >= 0.6 is 11.3 Å². The maximum atomic E-state index is 15.6. The predicted molar refractivity (Wildman–Crippen MR) is 162 cm³/mol. The Hall–Kier alpha value is -4.74. The minimum atomic E-state index is -0.605. The molecule has 42 heavy (non-hydrogen) atoms. The first-order valence-corrected chi connectivity index (χ1v) is 14.6. The molecule has 1 fully saturated rings. The van der Waals surface area contributed by atoms with E-state index in [1.54, 1.807) is 52.6 Å². The molecule has 0 bridgehead atoms. The van der Waals surface area contributed by atoms with Gasteiger partial charge in [-0.15, -0.1) is 16.4 Å². The number of pyridine rings is 1. The molecule has 1 amide bonds. The lowest BCUT2D eigenvalue weighted by molar-refractivity contribution is 0.0968. The van der Waals surface area contributed by atoms with Crippen LogP contribution in [0.3, 0.4) is 0 Å². The Balaban J connectivity index is 1.27. The van der Waals surface area contributed by atoms with Gasteiger partial charge in [0.15, 0.2) is 0 Å². The summed E-state index contributed by atoms with van der Waals surface area (Å²) >= 11 is 1.64. The lowest BCUT2D eigenvalue weighted by Gasteiger charge is -2.34. The lowest BCUT2D eigenvalue weighted by atomic mass is 10.0. The first-order valence-electron chi connectivity index (χ1n) is 13.7. The second-order valence-electron chi connectivity index (χ2n) is 10.3. The molecular weight excluding hydrogens is 551 g/mol. The molecule has 0 saturated carbocycles. The van der Waals surface area contributed by atoms with Crippen molar-refractivity contribution in [2.24, 2.45) is 7.05 Å². The Morgan fingerprint density at radius 2 is 1.88 bits per heavy atom. The molecule has 1 saturated heterocycles. The quantitative estimate of drug-likeness (QED) is 0.263. The van der Waals surface area contributed by atoms with Gasteiger partial charge in [-0.3, -0.25) is 19.5 Å². The van der Waals surface area contributed by atoms with Crippen molar-refractivity contribution in [3.05, 3.63) is 90.6 Å². The fourth-order valence-corrected chi connectivity index (χ4v) is 6.51. The number of aromatic nitrogens is 6. The number of carbonyl (C=O) groups is 1. The number of hydrogen-bond acceptors (Lipinski definition) is 7. The van der Waals surface area contributed by atoms with Gasteiger partial charge in [-0.2, -0.15) is 5.10 Å². The topological polar surface area (TPSA) is 105 Å². The normalized spacial score (nSPS) is 15.2. The summed E-state index contributed by atoms with van der Waals surface area (Å²) in [4.78, 5) is 21.6. The fourth-order valence-electron chi connectivity index (χ4n) is 5.46. The van der Waals surface area contributed by atoms with E-state index in [-0.39, 0.29) is 11.6 Å². The standard InChI is InChI=1S/C31H27FN8OS/c1-39-18-27(37-38-39)21-8-9-23(25(32)15-21)31(41)40(22-3-2-12-33-17-22)30-24-16-29(42-28(24)11-13-34-30)20-6-4-19(5-7-20)26-10-14-35-36-26/h4-11,13-16,18,22,33H,2-3,12,17H2,1H3,(H,35,36)/t22-/m1/s1. The number of aryl methyl sites for hydroxylation is 1. The number of hydrogen-bond donors (Lipinski definition) is 2. The molecule has 5 heterocycles. The zero-order chi connectivity index (χ0) is 28.6. The molecule has 1 aliphatic rings. The minimum absolute atomic E-state index is 0.00331. The number of thiophene rings is 1. The molecule has 0 spiro atoms.